The Morgan fingerprint density at radius 2 is 2.08 bits per heavy atom. The van der Waals surface area contributed by atoms with Gasteiger partial charge in [-0.1, -0.05) is 17.3 Å². The molecule has 2 aromatic heterocycles. The van der Waals surface area contributed by atoms with E-state index in [1.54, 1.807) is 0 Å². The van der Waals surface area contributed by atoms with Gasteiger partial charge in [0.2, 0.25) is 11.5 Å². The standard InChI is InChI=1S/C16H15N5O2S3/c17-15-19-13(21-26-15)12(20-23-9-5-1-2-6-9)14(22)25-16-18-10-7-3-4-8-11(10)24-16/h3-4,7-9H,1-2,5-6H2,(H2,17,19,21)/b20-12-. The summed E-state index contributed by atoms with van der Waals surface area (Å²) in [5, 5.41) is 4.07. The summed E-state index contributed by atoms with van der Waals surface area (Å²) in [5.41, 5.74) is 6.60. The Balaban J connectivity index is 1.57. The van der Waals surface area contributed by atoms with Crippen LogP contribution in [0.1, 0.15) is 31.5 Å². The molecule has 0 saturated heterocycles. The molecular weight excluding hydrogens is 390 g/mol. The van der Waals surface area contributed by atoms with Crippen molar-refractivity contribution in [1.82, 2.24) is 14.3 Å². The van der Waals surface area contributed by atoms with Crippen LogP contribution in [0, 0.1) is 0 Å². The number of nitrogens with two attached hydrogens (primary N) is 1. The predicted molar refractivity (Wildman–Crippen MR) is 105 cm³/mol. The highest BCUT2D eigenvalue weighted by Crippen LogP contribution is 2.31. The molecule has 7 nitrogen and oxygen atoms in total. The molecule has 0 bridgehead atoms. The molecule has 0 radical (unpaired) electrons. The molecule has 26 heavy (non-hydrogen) atoms. The molecule has 0 unspecified atom stereocenters. The van der Waals surface area contributed by atoms with Gasteiger partial charge in [-0.3, -0.25) is 4.79 Å². The van der Waals surface area contributed by atoms with Crippen molar-refractivity contribution >= 4 is 60.8 Å². The number of hydrogen-bond acceptors (Lipinski definition) is 10. The number of nitrogens with zero attached hydrogens (tertiary/aromatic N) is 4. The van der Waals surface area contributed by atoms with Crippen LogP contribution < -0.4 is 5.73 Å². The number of thiazole rings is 1. The van der Waals surface area contributed by atoms with E-state index in [2.05, 4.69) is 19.5 Å². The molecule has 1 aromatic carbocycles. The van der Waals surface area contributed by atoms with Crippen molar-refractivity contribution in [3.8, 4) is 0 Å². The largest absolute Gasteiger partial charge is 0.392 e. The fraction of sp³-hybridized carbons (Fsp3) is 0.312. The van der Waals surface area contributed by atoms with Crippen LogP contribution in [-0.2, 0) is 9.63 Å². The van der Waals surface area contributed by atoms with Crippen molar-refractivity contribution in [3.05, 3.63) is 30.1 Å². The first-order valence-electron chi connectivity index (χ1n) is 8.10. The number of aromatic nitrogens is 3. The van der Waals surface area contributed by atoms with E-state index in [4.69, 9.17) is 10.6 Å². The van der Waals surface area contributed by atoms with E-state index in [0.29, 0.717) is 4.34 Å². The molecule has 134 valence electrons. The Morgan fingerprint density at radius 3 is 2.81 bits per heavy atom. The Hall–Kier alpha value is -2.04. The predicted octanol–water partition coefficient (Wildman–Crippen LogP) is 3.71. The lowest BCUT2D eigenvalue weighted by atomic mass is 10.3. The van der Waals surface area contributed by atoms with E-state index < -0.39 is 0 Å². The van der Waals surface area contributed by atoms with Gasteiger partial charge in [0.1, 0.15) is 6.10 Å². The van der Waals surface area contributed by atoms with Gasteiger partial charge in [-0.15, -0.1) is 11.3 Å². The number of fused-ring (bicyclic) bond motifs is 1. The number of hydrogen-bond donors (Lipinski definition) is 1. The minimum atomic E-state index is -0.306. The number of anilines is 1. The van der Waals surface area contributed by atoms with Crippen LogP contribution in [0.25, 0.3) is 10.2 Å². The van der Waals surface area contributed by atoms with Crippen LogP contribution in [-0.4, -0.2) is 31.3 Å². The topological polar surface area (TPSA) is 103 Å². The van der Waals surface area contributed by atoms with Crippen LogP contribution in [0.3, 0.4) is 0 Å². The molecule has 1 aliphatic rings. The van der Waals surface area contributed by atoms with Crippen LogP contribution in [0.15, 0.2) is 33.8 Å². The van der Waals surface area contributed by atoms with Crippen molar-refractivity contribution in [2.75, 3.05) is 5.73 Å². The lowest BCUT2D eigenvalue weighted by Crippen LogP contribution is -2.16. The Kier molecular flexibility index (Phi) is 5.14. The number of oxime groups is 1. The first-order valence-corrected chi connectivity index (χ1v) is 10.5. The summed E-state index contributed by atoms with van der Waals surface area (Å²) in [6.45, 7) is 0. The van der Waals surface area contributed by atoms with Crippen molar-refractivity contribution in [2.45, 2.75) is 36.1 Å². The SMILES string of the molecule is Nc1nc(/C(=N/OC2CCCC2)C(=O)Sc2nc3ccccc3s2)ns1. The van der Waals surface area contributed by atoms with Crippen molar-refractivity contribution in [1.29, 1.82) is 0 Å². The van der Waals surface area contributed by atoms with Gasteiger partial charge in [0.05, 0.1) is 10.2 Å². The highest BCUT2D eigenvalue weighted by atomic mass is 32.2. The molecule has 0 spiro atoms. The fourth-order valence-corrected chi connectivity index (χ4v) is 4.97. The maximum atomic E-state index is 12.8. The summed E-state index contributed by atoms with van der Waals surface area (Å²) >= 11 is 3.49. The zero-order valence-electron chi connectivity index (χ0n) is 13.6. The van der Waals surface area contributed by atoms with Crippen LogP contribution in [0.5, 0.6) is 0 Å². The number of benzene rings is 1. The molecule has 4 rings (SSSR count). The van der Waals surface area contributed by atoms with Crippen LogP contribution in [0.2, 0.25) is 0 Å². The molecule has 1 fully saturated rings. The lowest BCUT2D eigenvalue weighted by molar-refractivity contribution is -0.105. The van der Waals surface area contributed by atoms with Gasteiger partial charge in [0, 0.05) is 11.5 Å². The molecule has 2 N–H and O–H groups in total. The van der Waals surface area contributed by atoms with E-state index in [9.17, 15) is 4.79 Å². The minimum Gasteiger partial charge on any atom is -0.392 e. The lowest BCUT2D eigenvalue weighted by Gasteiger charge is -2.07. The van der Waals surface area contributed by atoms with E-state index in [-0.39, 0.29) is 27.9 Å². The summed E-state index contributed by atoms with van der Waals surface area (Å²) in [6, 6.07) is 7.76. The maximum Gasteiger partial charge on any atom is 0.252 e. The summed E-state index contributed by atoms with van der Waals surface area (Å²) in [7, 11) is 0. The second kappa shape index (κ2) is 7.68. The number of para-hydroxylation sites is 1. The van der Waals surface area contributed by atoms with Crippen LogP contribution >= 0.6 is 34.6 Å². The summed E-state index contributed by atoms with van der Waals surface area (Å²) in [6.07, 6.45) is 4.17. The maximum absolute atomic E-state index is 12.8. The third-order valence-electron chi connectivity index (χ3n) is 3.90. The molecule has 2 heterocycles. The van der Waals surface area contributed by atoms with Gasteiger partial charge >= 0.3 is 0 Å². The second-order valence-corrected chi connectivity index (χ2v) is 8.78. The summed E-state index contributed by atoms with van der Waals surface area (Å²) < 4.78 is 5.78. The Labute approximate surface area is 161 Å². The minimum absolute atomic E-state index is 0.0428. The van der Waals surface area contributed by atoms with E-state index >= 15 is 0 Å². The molecular formula is C16H15N5O2S3. The zero-order valence-corrected chi connectivity index (χ0v) is 16.1. The molecule has 3 aromatic rings. The van der Waals surface area contributed by atoms with Gasteiger partial charge < -0.3 is 10.6 Å². The van der Waals surface area contributed by atoms with E-state index in [1.807, 2.05) is 24.3 Å². The van der Waals surface area contributed by atoms with Gasteiger partial charge in [-0.25, -0.2) is 4.98 Å². The smallest absolute Gasteiger partial charge is 0.252 e. The zero-order chi connectivity index (χ0) is 17.9. The number of carbonyl (C=O) groups excluding carboxylic acids is 1. The van der Waals surface area contributed by atoms with Crippen LogP contribution in [0.4, 0.5) is 5.13 Å². The molecule has 10 heteroatoms. The highest BCUT2D eigenvalue weighted by molar-refractivity contribution is 8.16. The van der Waals surface area contributed by atoms with Crippen molar-refractivity contribution in [2.24, 2.45) is 5.16 Å². The third kappa shape index (κ3) is 3.87. The quantitative estimate of drug-likeness (QED) is 0.392. The number of carbonyl (C=O) groups is 1. The molecule has 0 atom stereocenters. The van der Waals surface area contributed by atoms with Gasteiger partial charge in [-0.2, -0.15) is 9.36 Å². The van der Waals surface area contributed by atoms with Crippen molar-refractivity contribution in [3.63, 3.8) is 0 Å². The average Bonchev–Trinajstić information content (AvgIpc) is 3.35. The normalized spacial score (nSPS) is 15.6. The first kappa shape index (κ1) is 17.4. The van der Waals surface area contributed by atoms with Crippen molar-refractivity contribution < 1.29 is 9.63 Å². The third-order valence-corrected chi connectivity index (χ3v) is 6.41. The molecule has 0 amide bonds. The Morgan fingerprint density at radius 1 is 1.27 bits per heavy atom. The summed E-state index contributed by atoms with van der Waals surface area (Å²) in [5.74, 6) is 0.198. The van der Waals surface area contributed by atoms with E-state index in [0.717, 1.165) is 59.2 Å². The second-order valence-electron chi connectivity index (χ2n) is 5.75. The summed E-state index contributed by atoms with van der Waals surface area (Å²) in [4.78, 5) is 26.9. The van der Waals surface area contributed by atoms with Gasteiger partial charge in [0.15, 0.2) is 9.47 Å². The molecule has 0 aliphatic heterocycles. The van der Waals surface area contributed by atoms with Gasteiger partial charge in [-0.05, 0) is 49.6 Å². The monoisotopic (exact) mass is 405 g/mol. The number of nitrogen functional groups attached to an aromatic ring is 1. The number of thioether (sulfide) groups is 1. The fourth-order valence-electron chi connectivity index (χ4n) is 2.64. The molecule has 1 saturated carbocycles. The molecule has 1 aliphatic carbocycles. The highest BCUT2D eigenvalue weighted by Gasteiger charge is 2.24. The Bertz CT molecular complexity index is 929. The average molecular weight is 406 g/mol. The first-order chi connectivity index (χ1) is 12.7. The van der Waals surface area contributed by atoms with Gasteiger partial charge in [0.25, 0.3) is 5.12 Å². The van der Waals surface area contributed by atoms with E-state index in [1.165, 1.54) is 11.3 Å². The number of rotatable bonds is 5.